The lowest BCUT2D eigenvalue weighted by atomic mass is 10.0. The minimum atomic E-state index is -0.0642. The Kier molecular flexibility index (Phi) is 6.56. The average molecular weight is 306 g/mol. The van der Waals surface area contributed by atoms with Crippen LogP contribution in [0.5, 0.6) is 0 Å². The number of nitrogens with one attached hydrogen (secondary N) is 1. The maximum Gasteiger partial charge on any atom is 0.264 e. The summed E-state index contributed by atoms with van der Waals surface area (Å²) in [5, 5.41) is 7.55. The molecule has 0 fully saturated rings. The molecule has 90 valence electrons. The van der Waals surface area contributed by atoms with E-state index in [-0.39, 0.29) is 5.91 Å². The van der Waals surface area contributed by atoms with Crippen molar-refractivity contribution < 1.29 is 4.79 Å². The fourth-order valence-corrected chi connectivity index (χ4v) is 2.58. The van der Waals surface area contributed by atoms with Gasteiger partial charge in [0.15, 0.2) is 0 Å². The summed E-state index contributed by atoms with van der Waals surface area (Å²) in [6.07, 6.45) is 4.89. The quantitative estimate of drug-likeness (QED) is 0.787. The summed E-state index contributed by atoms with van der Waals surface area (Å²) in [5.41, 5.74) is 0. The van der Waals surface area contributed by atoms with Gasteiger partial charge in [0.05, 0.1) is 6.20 Å². The lowest BCUT2D eigenvalue weighted by Gasteiger charge is -2.14. The number of carbonyl (C=O) groups excluding carboxylic acids is 1. The van der Waals surface area contributed by atoms with Crippen LogP contribution in [0.1, 0.15) is 35.9 Å². The molecule has 0 spiro atoms. The van der Waals surface area contributed by atoms with Crippen LogP contribution in [-0.4, -0.2) is 27.4 Å². The number of alkyl halides is 1. The van der Waals surface area contributed by atoms with Crippen LogP contribution in [0.2, 0.25) is 0 Å². The number of amides is 1. The van der Waals surface area contributed by atoms with Gasteiger partial charge in [0, 0.05) is 11.9 Å². The first kappa shape index (κ1) is 13.6. The van der Waals surface area contributed by atoms with Gasteiger partial charge < -0.3 is 5.32 Å². The van der Waals surface area contributed by atoms with Gasteiger partial charge in [-0.05, 0) is 30.3 Å². The molecule has 0 bridgehead atoms. The van der Waals surface area contributed by atoms with E-state index in [2.05, 4.69) is 37.8 Å². The maximum absolute atomic E-state index is 11.6. The van der Waals surface area contributed by atoms with Crippen molar-refractivity contribution in [3.8, 4) is 0 Å². The highest BCUT2D eigenvalue weighted by molar-refractivity contribution is 9.09. The zero-order chi connectivity index (χ0) is 11.8. The van der Waals surface area contributed by atoms with Gasteiger partial charge in [-0.15, -0.1) is 5.10 Å². The number of carbonyl (C=O) groups is 1. The van der Waals surface area contributed by atoms with Gasteiger partial charge >= 0.3 is 0 Å². The van der Waals surface area contributed by atoms with Crippen molar-refractivity contribution in [3.63, 3.8) is 0 Å². The zero-order valence-corrected chi connectivity index (χ0v) is 11.7. The third kappa shape index (κ3) is 4.57. The van der Waals surface area contributed by atoms with Gasteiger partial charge in [-0.1, -0.05) is 33.8 Å². The van der Waals surface area contributed by atoms with Gasteiger partial charge in [-0.3, -0.25) is 4.79 Å². The van der Waals surface area contributed by atoms with Crippen molar-refractivity contribution in [1.29, 1.82) is 0 Å². The zero-order valence-electron chi connectivity index (χ0n) is 9.28. The van der Waals surface area contributed by atoms with Crippen LogP contribution in [0, 0.1) is 5.92 Å². The van der Waals surface area contributed by atoms with E-state index in [1.165, 1.54) is 6.20 Å². The Morgan fingerprint density at radius 1 is 1.62 bits per heavy atom. The Hall–Kier alpha value is -0.490. The molecule has 1 N–H and O–H groups in total. The Morgan fingerprint density at radius 3 is 3.00 bits per heavy atom. The Labute approximate surface area is 108 Å². The summed E-state index contributed by atoms with van der Waals surface area (Å²) >= 11 is 4.56. The standard InChI is InChI=1S/C10H16BrN3OS/c1-2-3-8(4-5-11)6-12-10(15)9-7-13-14-16-9/h7-8H,2-6H2,1H3,(H,12,15). The fourth-order valence-electron chi connectivity index (χ4n) is 1.50. The van der Waals surface area contributed by atoms with Crippen molar-refractivity contribution in [2.45, 2.75) is 26.2 Å². The lowest BCUT2D eigenvalue weighted by molar-refractivity contribution is 0.0950. The second-order valence-corrected chi connectivity index (χ2v) is 5.20. The minimum Gasteiger partial charge on any atom is -0.351 e. The first-order valence-electron chi connectivity index (χ1n) is 5.39. The summed E-state index contributed by atoms with van der Waals surface area (Å²) in [4.78, 5) is 12.2. The molecule has 1 unspecified atom stereocenters. The molecule has 16 heavy (non-hydrogen) atoms. The minimum absolute atomic E-state index is 0.0642. The molecule has 0 saturated carbocycles. The van der Waals surface area contributed by atoms with Gasteiger partial charge in [0.25, 0.3) is 5.91 Å². The molecule has 1 aromatic rings. The van der Waals surface area contributed by atoms with Gasteiger partial charge in [-0.2, -0.15) is 0 Å². The Bertz CT molecular complexity index is 299. The van der Waals surface area contributed by atoms with Crippen LogP contribution in [0.15, 0.2) is 6.20 Å². The predicted molar refractivity (Wildman–Crippen MR) is 69.1 cm³/mol. The van der Waals surface area contributed by atoms with Crippen LogP contribution in [0.25, 0.3) is 0 Å². The highest BCUT2D eigenvalue weighted by Gasteiger charge is 2.11. The molecule has 1 atom stereocenters. The van der Waals surface area contributed by atoms with E-state index in [0.29, 0.717) is 10.8 Å². The molecule has 0 aliphatic rings. The molecular weight excluding hydrogens is 290 g/mol. The molecule has 0 saturated heterocycles. The molecule has 0 aliphatic carbocycles. The Balaban J connectivity index is 2.34. The van der Waals surface area contributed by atoms with E-state index in [4.69, 9.17) is 0 Å². The van der Waals surface area contributed by atoms with E-state index in [0.717, 1.165) is 42.7 Å². The summed E-state index contributed by atoms with van der Waals surface area (Å²) in [6.45, 7) is 2.90. The Morgan fingerprint density at radius 2 is 2.44 bits per heavy atom. The monoisotopic (exact) mass is 305 g/mol. The summed E-state index contributed by atoms with van der Waals surface area (Å²) in [5.74, 6) is 0.486. The topological polar surface area (TPSA) is 54.9 Å². The van der Waals surface area contributed by atoms with E-state index in [9.17, 15) is 4.79 Å². The van der Waals surface area contributed by atoms with Crippen LogP contribution >= 0.6 is 27.5 Å². The number of halogens is 1. The highest BCUT2D eigenvalue weighted by Crippen LogP contribution is 2.12. The number of aromatic nitrogens is 2. The summed E-state index contributed by atoms with van der Waals surface area (Å²) < 4.78 is 3.67. The van der Waals surface area contributed by atoms with Crippen molar-refractivity contribution in [2.75, 3.05) is 11.9 Å². The van der Waals surface area contributed by atoms with E-state index >= 15 is 0 Å². The van der Waals surface area contributed by atoms with Gasteiger partial charge in [0.1, 0.15) is 4.88 Å². The van der Waals surface area contributed by atoms with E-state index in [1.807, 2.05) is 0 Å². The van der Waals surface area contributed by atoms with Crippen LogP contribution in [0.4, 0.5) is 0 Å². The van der Waals surface area contributed by atoms with Crippen molar-refractivity contribution in [3.05, 3.63) is 11.1 Å². The molecule has 0 aliphatic heterocycles. The molecule has 1 aromatic heterocycles. The number of rotatable bonds is 7. The molecule has 4 nitrogen and oxygen atoms in total. The molecule has 1 rings (SSSR count). The highest BCUT2D eigenvalue weighted by atomic mass is 79.9. The number of hydrogen-bond acceptors (Lipinski definition) is 4. The predicted octanol–water partition coefficient (Wildman–Crippen LogP) is 2.47. The van der Waals surface area contributed by atoms with E-state index in [1.54, 1.807) is 0 Å². The molecule has 1 heterocycles. The normalized spacial score (nSPS) is 12.4. The second-order valence-electron chi connectivity index (χ2n) is 3.62. The molecule has 0 radical (unpaired) electrons. The smallest absolute Gasteiger partial charge is 0.264 e. The number of nitrogens with zero attached hydrogens (tertiary/aromatic N) is 2. The molecule has 6 heteroatoms. The number of hydrogen-bond donors (Lipinski definition) is 1. The van der Waals surface area contributed by atoms with Gasteiger partial charge in [-0.25, -0.2) is 0 Å². The van der Waals surface area contributed by atoms with Crippen LogP contribution in [-0.2, 0) is 0 Å². The SMILES string of the molecule is CCCC(CCBr)CNC(=O)c1cnns1. The third-order valence-corrected chi connectivity index (χ3v) is 3.47. The third-order valence-electron chi connectivity index (χ3n) is 2.35. The molecule has 0 aromatic carbocycles. The molecule has 1 amide bonds. The van der Waals surface area contributed by atoms with E-state index < -0.39 is 0 Å². The van der Waals surface area contributed by atoms with Crippen molar-refractivity contribution in [2.24, 2.45) is 5.92 Å². The largest absolute Gasteiger partial charge is 0.351 e. The van der Waals surface area contributed by atoms with Gasteiger partial charge in [0.2, 0.25) is 0 Å². The second kappa shape index (κ2) is 7.73. The van der Waals surface area contributed by atoms with Crippen LogP contribution in [0.3, 0.4) is 0 Å². The molecular formula is C10H16BrN3OS. The van der Waals surface area contributed by atoms with Crippen molar-refractivity contribution >= 4 is 33.4 Å². The maximum atomic E-state index is 11.6. The first-order chi connectivity index (χ1) is 7.77. The lowest BCUT2D eigenvalue weighted by Crippen LogP contribution is -2.29. The van der Waals surface area contributed by atoms with Crippen molar-refractivity contribution in [1.82, 2.24) is 14.9 Å². The summed E-state index contributed by atoms with van der Waals surface area (Å²) in [7, 11) is 0. The summed E-state index contributed by atoms with van der Waals surface area (Å²) in [6, 6.07) is 0. The first-order valence-corrected chi connectivity index (χ1v) is 7.29. The average Bonchev–Trinajstić information content (AvgIpc) is 2.79. The van der Waals surface area contributed by atoms with Crippen LogP contribution < -0.4 is 5.32 Å². The fraction of sp³-hybridized carbons (Fsp3) is 0.700.